The molecule has 1 amide bonds. The monoisotopic (exact) mass is 711 g/mol. The number of rotatable bonds is 2. The normalized spacial score (nSPS) is 35.3. The number of likely N-dealkylation sites (N-methyl/N-ethyl adjacent to an activating group) is 1. The van der Waals surface area contributed by atoms with Gasteiger partial charge in [0.1, 0.15) is 12.4 Å². The summed E-state index contributed by atoms with van der Waals surface area (Å²) in [6.45, 7) is 6.81. The van der Waals surface area contributed by atoms with Gasteiger partial charge in [0, 0.05) is 29.6 Å². The van der Waals surface area contributed by atoms with E-state index in [2.05, 4.69) is 40.8 Å². The number of carbonyl (C=O) groups is 1. The molecule has 2 bridgehead atoms. The highest BCUT2D eigenvalue weighted by Crippen LogP contribution is 2.74. The lowest BCUT2D eigenvalue weighted by Crippen LogP contribution is -2.51. The van der Waals surface area contributed by atoms with Crippen molar-refractivity contribution >= 4 is 33.2 Å². The van der Waals surface area contributed by atoms with E-state index in [1.807, 2.05) is 37.3 Å². The number of anilines is 1. The van der Waals surface area contributed by atoms with Gasteiger partial charge in [0.25, 0.3) is 5.91 Å². The van der Waals surface area contributed by atoms with Crippen LogP contribution in [-0.4, -0.2) is 77.2 Å². The predicted molar refractivity (Wildman–Crippen MR) is 191 cm³/mol. The molecule has 1 saturated heterocycles. The van der Waals surface area contributed by atoms with E-state index in [1.54, 1.807) is 13.0 Å². The quantitative estimate of drug-likeness (QED) is 0.376. The molecule has 2 aromatic carbocycles. The number of nitrogens with one attached hydrogen (secondary N) is 1. The summed E-state index contributed by atoms with van der Waals surface area (Å²) in [5.74, 6) is 0.901. The van der Waals surface area contributed by atoms with E-state index in [0.717, 1.165) is 61.5 Å². The molecule has 3 heterocycles. The molecule has 1 N–H and O–H groups in total. The number of hydrogen-bond donors (Lipinski definition) is 1. The molecule has 2 saturated carbocycles. The highest BCUT2D eigenvalue weighted by Gasteiger charge is 2.70. The number of carbonyl (C=O) groups excluding carboxylic acids is 1. The van der Waals surface area contributed by atoms with Crippen LogP contribution in [0.25, 0.3) is 0 Å². The third-order valence-electron chi connectivity index (χ3n) is 12.1. The van der Waals surface area contributed by atoms with Crippen LogP contribution in [0.5, 0.6) is 5.75 Å². The molecule has 2 aliphatic carbocycles. The van der Waals surface area contributed by atoms with Crippen LogP contribution < -0.4 is 14.4 Å². The van der Waals surface area contributed by atoms with Crippen LogP contribution in [0, 0.1) is 29.1 Å². The topological polar surface area (TPSA) is 97.4 Å². The third kappa shape index (κ3) is 7.01. The second-order valence-electron chi connectivity index (χ2n) is 15.3. The maximum absolute atomic E-state index is 13.6. The van der Waals surface area contributed by atoms with Crippen molar-refractivity contribution in [3.8, 4) is 5.75 Å². The van der Waals surface area contributed by atoms with Crippen molar-refractivity contribution in [1.29, 1.82) is 0 Å². The number of allylic oxidation sites excluding steroid dienone is 1. The zero-order valence-electron chi connectivity index (χ0n) is 29.1. The molecule has 266 valence electrons. The Hall–Kier alpha value is -2.63. The lowest BCUT2D eigenvalue weighted by Gasteiger charge is -2.47. The molecular formula is C38H50ClN3O6S. The van der Waals surface area contributed by atoms with Crippen molar-refractivity contribution in [2.24, 2.45) is 29.1 Å². The minimum Gasteiger partial charge on any atom is -0.487 e. The number of halogens is 1. The van der Waals surface area contributed by atoms with Gasteiger partial charge >= 0.3 is 0 Å². The Morgan fingerprint density at radius 1 is 1.04 bits per heavy atom. The molecule has 11 heteroatoms. The van der Waals surface area contributed by atoms with Gasteiger partial charge in [-0.1, -0.05) is 36.7 Å². The zero-order chi connectivity index (χ0) is 34.5. The minimum atomic E-state index is -3.94. The maximum atomic E-state index is 13.6. The minimum absolute atomic E-state index is 0.0545. The second-order valence-corrected chi connectivity index (χ2v) is 17.8. The summed E-state index contributed by atoms with van der Waals surface area (Å²) >= 11 is 6.39. The molecule has 0 aromatic heterocycles. The molecule has 49 heavy (non-hydrogen) atoms. The van der Waals surface area contributed by atoms with Gasteiger partial charge < -0.3 is 24.0 Å². The zero-order valence-corrected chi connectivity index (χ0v) is 30.6. The van der Waals surface area contributed by atoms with E-state index in [9.17, 15) is 13.2 Å². The maximum Gasteiger partial charge on any atom is 0.264 e. The molecule has 7 rings (SSSR count). The first kappa shape index (κ1) is 34.8. The molecule has 6 atom stereocenters. The van der Waals surface area contributed by atoms with Crippen molar-refractivity contribution in [2.45, 2.75) is 76.6 Å². The van der Waals surface area contributed by atoms with Crippen molar-refractivity contribution < 1.29 is 27.4 Å². The number of benzene rings is 2. The Morgan fingerprint density at radius 2 is 1.84 bits per heavy atom. The van der Waals surface area contributed by atoms with Crippen LogP contribution in [0.15, 0.2) is 48.6 Å². The van der Waals surface area contributed by atoms with Gasteiger partial charge in [-0.15, -0.1) is 0 Å². The van der Waals surface area contributed by atoms with Gasteiger partial charge in [-0.25, -0.2) is 13.1 Å². The SMILES string of the molecule is C[C@@H]1[C@@H](C)C/C=C/[C@@H](C2OCC(N(C)C)CO2)[C@@H]2CC3CC32CN2CCCCc3cc(Cl)ccc3COc3ccc(cc32)C(=O)NS1(=O)=O. The van der Waals surface area contributed by atoms with E-state index in [-0.39, 0.29) is 29.6 Å². The Bertz CT molecular complexity index is 1690. The Kier molecular flexibility index (Phi) is 9.82. The van der Waals surface area contributed by atoms with Gasteiger partial charge in [0.2, 0.25) is 10.0 Å². The molecule has 3 aliphatic heterocycles. The first-order valence-electron chi connectivity index (χ1n) is 17.9. The van der Waals surface area contributed by atoms with Crippen molar-refractivity contribution in [2.75, 3.05) is 45.3 Å². The second kappa shape index (κ2) is 13.8. The number of nitrogens with zero attached hydrogens (tertiary/aromatic N) is 2. The summed E-state index contributed by atoms with van der Waals surface area (Å²) in [6, 6.07) is 11.5. The van der Waals surface area contributed by atoms with Crippen LogP contribution in [0.2, 0.25) is 5.02 Å². The number of hydrogen-bond acceptors (Lipinski definition) is 8. The fourth-order valence-electron chi connectivity index (χ4n) is 8.49. The summed E-state index contributed by atoms with van der Waals surface area (Å²) in [4.78, 5) is 18.1. The lowest BCUT2D eigenvalue weighted by molar-refractivity contribution is -0.231. The summed E-state index contributed by atoms with van der Waals surface area (Å²) in [7, 11) is 0.163. The highest BCUT2D eigenvalue weighted by molar-refractivity contribution is 7.90. The fraction of sp³-hybridized carbons (Fsp3) is 0.605. The van der Waals surface area contributed by atoms with Gasteiger partial charge in [0.15, 0.2) is 6.29 Å². The lowest BCUT2D eigenvalue weighted by atomic mass is 9.65. The van der Waals surface area contributed by atoms with E-state index < -0.39 is 21.2 Å². The van der Waals surface area contributed by atoms with Crippen LogP contribution >= 0.6 is 11.6 Å². The molecule has 2 aromatic rings. The molecular weight excluding hydrogens is 662 g/mol. The van der Waals surface area contributed by atoms with Crippen LogP contribution in [0.3, 0.4) is 0 Å². The largest absolute Gasteiger partial charge is 0.487 e. The van der Waals surface area contributed by atoms with Crippen LogP contribution in [0.1, 0.15) is 67.4 Å². The number of ether oxygens (including phenoxy) is 3. The van der Waals surface area contributed by atoms with Crippen molar-refractivity contribution in [3.05, 3.63) is 70.3 Å². The molecule has 1 spiro atoms. The molecule has 3 fully saturated rings. The Morgan fingerprint density at radius 3 is 2.57 bits per heavy atom. The predicted octanol–water partition coefficient (Wildman–Crippen LogP) is 6.05. The van der Waals surface area contributed by atoms with Crippen LogP contribution in [-0.2, 0) is 32.5 Å². The molecule has 9 nitrogen and oxygen atoms in total. The Balaban J connectivity index is 1.26. The van der Waals surface area contributed by atoms with Gasteiger partial charge in [-0.05, 0) is 124 Å². The van der Waals surface area contributed by atoms with Crippen molar-refractivity contribution in [3.63, 3.8) is 0 Å². The number of sulfonamides is 1. The van der Waals surface area contributed by atoms with E-state index in [0.29, 0.717) is 49.4 Å². The smallest absolute Gasteiger partial charge is 0.264 e. The van der Waals surface area contributed by atoms with Gasteiger partial charge in [0.05, 0.1) is 30.2 Å². The van der Waals surface area contributed by atoms with Crippen LogP contribution in [0.4, 0.5) is 5.69 Å². The average Bonchev–Trinajstić information content (AvgIpc) is 3.65. The molecule has 2 unspecified atom stereocenters. The third-order valence-corrected chi connectivity index (χ3v) is 14.2. The number of amides is 1. The summed E-state index contributed by atoms with van der Waals surface area (Å²) in [5, 5.41) is -0.0531. The first-order valence-corrected chi connectivity index (χ1v) is 19.8. The van der Waals surface area contributed by atoms with Gasteiger partial charge in [-0.2, -0.15) is 0 Å². The Labute approximate surface area is 296 Å². The fourth-order valence-corrected chi connectivity index (χ4v) is 9.96. The molecule has 0 radical (unpaired) electrons. The highest BCUT2D eigenvalue weighted by atomic mass is 35.5. The standard InChI is InChI=1S/C38H50ClN3O6S/c1-24-8-7-10-32(37-47-21-31(22-48-37)41(3)4)33-18-29-19-38(29,33)23-42-15-6-5-9-26-16-30(39)13-11-28(26)20-46-35-14-12-27(17-34(35)42)36(43)40-49(44,45)25(24)2/h7,10-14,16-17,24-25,29,31-33,37H,5-6,8-9,15,18-23H2,1-4H3,(H,40,43)/b10-7+/t24-,25+,29?,31?,32+,33-,37?,38?/m0/s1. The number of fused-ring (bicyclic) bond motifs is 2. The summed E-state index contributed by atoms with van der Waals surface area (Å²) in [5.41, 5.74) is 3.51. The van der Waals surface area contributed by atoms with E-state index in [4.69, 9.17) is 25.8 Å². The summed E-state index contributed by atoms with van der Waals surface area (Å²) in [6.07, 6.45) is 9.68. The summed E-state index contributed by atoms with van der Waals surface area (Å²) < 4.78 is 48.8. The number of aryl methyl sites for hydroxylation is 1. The van der Waals surface area contributed by atoms with Gasteiger partial charge in [-0.3, -0.25) is 4.79 Å². The first-order chi connectivity index (χ1) is 23.4. The van der Waals surface area contributed by atoms with E-state index in [1.165, 1.54) is 5.56 Å². The average molecular weight is 712 g/mol. The van der Waals surface area contributed by atoms with E-state index >= 15 is 0 Å². The molecule has 5 aliphatic rings. The van der Waals surface area contributed by atoms with Crippen molar-refractivity contribution in [1.82, 2.24) is 9.62 Å².